The number of guanidine groups is 1. The fraction of sp³-hybridized carbons (Fsp3) is 0.522. The van der Waals surface area contributed by atoms with Crippen molar-refractivity contribution in [2.75, 3.05) is 60.2 Å². The molecule has 1 aromatic carbocycles. The fourth-order valence-electron chi connectivity index (χ4n) is 3.72. The Bertz CT molecular complexity index is 810. The molecule has 0 spiro atoms. The normalized spacial score (nSPS) is 15.5. The molecule has 2 aromatic rings. The summed E-state index contributed by atoms with van der Waals surface area (Å²) in [5.41, 5.74) is 1.16. The van der Waals surface area contributed by atoms with E-state index in [1.54, 1.807) is 14.2 Å². The third-order valence-corrected chi connectivity index (χ3v) is 5.37. The van der Waals surface area contributed by atoms with Crippen LogP contribution in [0.3, 0.4) is 0 Å². The molecule has 3 rings (SSSR count). The fourth-order valence-corrected chi connectivity index (χ4v) is 3.72. The molecule has 0 radical (unpaired) electrons. The molecule has 8 nitrogen and oxygen atoms in total. The van der Waals surface area contributed by atoms with Gasteiger partial charge >= 0.3 is 0 Å². The molecule has 0 aliphatic carbocycles. The zero-order chi connectivity index (χ0) is 21.9. The summed E-state index contributed by atoms with van der Waals surface area (Å²) >= 11 is 0. The number of methoxy groups -OCH3 is 2. The van der Waals surface area contributed by atoms with Gasteiger partial charge in [0.2, 0.25) is 0 Å². The Labute approximate surface area is 208 Å². The van der Waals surface area contributed by atoms with Crippen molar-refractivity contribution >= 4 is 29.9 Å². The summed E-state index contributed by atoms with van der Waals surface area (Å²) in [6, 6.07) is 10.3. The van der Waals surface area contributed by atoms with Crippen LogP contribution in [0.4, 0.5) is 0 Å². The van der Waals surface area contributed by atoms with Crippen molar-refractivity contribution in [3.63, 3.8) is 0 Å². The Morgan fingerprint density at radius 1 is 1.09 bits per heavy atom. The van der Waals surface area contributed by atoms with Gasteiger partial charge in [-0.1, -0.05) is 6.07 Å². The van der Waals surface area contributed by atoms with Crippen LogP contribution in [-0.4, -0.2) is 75.6 Å². The molecule has 2 heterocycles. The van der Waals surface area contributed by atoms with Crippen molar-refractivity contribution in [3.8, 4) is 11.5 Å². The number of rotatable bonds is 10. The molecule has 1 atom stereocenters. The number of aromatic nitrogens is 1. The van der Waals surface area contributed by atoms with Crippen molar-refractivity contribution in [3.05, 3.63) is 48.3 Å². The Morgan fingerprint density at radius 2 is 1.81 bits per heavy atom. The summed E-state index contributed by atoms with van der Waals surface area (Å²) in [6.45, 7) is 8.46. The second-order valence-electron chi connectivity index (χ2n) is 7.35. The number of benzene rings is 1. The highest BCUT2D eigenvalue weighted by Gasteiger charge is 2.24. The Kier molecular flexibility index (Phi) is 11.7. The predicted octanol–water partition coefficient (Wildman–Crippen LogP) is 2.75. The van der Waals surface area contributed by atoms with Crippen molar-refractivity contribution < 1.29 is 14.2 Å². The lowest BCUT2D eigenvalue weighted by Gasteiger charge is -2.34. The van der Waals surface area contributed by atoms with Gasteiger partial charge in [-0.05, 0) is 36.8 Å². The molecule has 1 unspecified atom stereocenters. The molecule has 1 saturated heterocycles. The summed E-state index contributed by atoms with van der Waals surface area (Å²) < 4.78 is 18.7. The number of morpholine rings is 1. The minimum absolute atomic E-state index is 0. The van der Waals surface area contributed by atoms with Crippen LogP contribution >= 0.6 is 24.0 Å². The van der Waals surface area contributed by atoms with E-state index in [4.69, 9.17) is 19.2 Å². The molecule has 0 amide bonds. The molecule has 1 aliphatic rings. The van der Waals surface area contributed by atoms with Gasteiger partial charge in [0.05, 0.1) is 40.0 Å². The van der Waals surface area contributed by atoms with Gasteiger partial charge in [0, 0.05) is 45.1 Å². The molecule has 1 fully saturated rings. The summed E-state index contributed by atoms with van der Waals surface area (Å²) in [4.78, 5) is 7.34. The van der Waals surface area contributed by atoms with Crippen LogP contribution in [0, 0.1) is 0 Å². The smallest absolute Gasteiger partial charge is 0.191 e. The first-order valence-corrected chi connectivity index (χ1v) is 10.9. The number of ether oxygens (including phenoxy) is 3. The molecule has 0 saturated carbocycles. The van der Waals surface area contributed by atoms with Crippen LogP contribution in [0.2, 0.25) is 0 Å². The third kappa shape index (κ3) is 7.56. The van der Waals surface area contributed by atoms with E-state index < -0.39 is 0 Å². The Balaban J connectivity index is 0.00000363. The molecule has 9 heteroatoms. The SMILES string of the molecule is CCNC(=NCC(c1ccc(OC)c(OC)c1)N1CCOCC1)NCCn1cccc1.I. The monoisotopic (exact) mass is 557 g/mol. The standard InChI is InChI=1S/C23H35N5O3.HI/c1-4-24-23(25-9-12-27-10-5-6-11-27)26-18-20(28-13-15-31-16-14-28)19-7-8-21(29-2)22(17-19)30-3;/h5-8,10-11,17,20H,4,9,12-16,18H2,1-3H3,(H2,24,25,26);1H. The highest BCUT2D eigenvalue weighted by molar-refractivity contribution is 14.0. The van der Waals surface area contributed by atoms with Gasteiger partial charge in [-0.3, -0.25) is 9.89 Å². The zero-order valence-corrected chi connectivity index (χ0v) is 21.6. The largest absolute Gasteiger partial charge is 0.493 e. The van der Waals surface area contributed by atoms with E-state index in [0.717, 1.165) is 69.0 Å². The van der Waals surface area contributed by atoms with E-state index in [-0.39, 0.29) is 30.0 Å². The number of hydrogen-bond acceptors (Lipinski definition) is 5. The molecule has 2 N–H and O–H groups in total. The highest BCUT2D eigenvalue weighted by Crippen LogP contribution is 2.32. The average Bonchev–Trinajstić information content (AvgIpc) is 3.33. The Hall–Kier alpha value is -1.98. The predicted molar refractivity (Wildman–Crippen MR) is 139 cm³/mol. The van der Waals surface area contributed by atoms with E-state index in [0.29, 0.717) is 6.54 Å². The van der Waals surface area contributed by atoms with Gasteiger partial charge in [-0.25, -0.2) is 0 Å². The summed E-state index contributed by atoms with van der Waals surface area (Å²) in [5, 5.41) is 6.79. The number of aliphatic imine (C=N–C) groups is 1. The minimum Gasteiger partial charge on any atom is -0.493 e. The van der Waals surface area contributed by atoms with Crippen LogP contribution in [0.25, 0.3) is 0 Å². The van der Waals surface area contributed by atoms with E-state index in [2.05, 4.69) is 51.6 Å². The first kappa shape index (κ1) is 26.3. The van der Waals surface area contributed by atoms with Crippen molar-refractivity contribution in [1.29, 1.82) is 0 Å². The van der Waals surface area contributed by atoms with E-state index >= 15 is 0 Å². The second-order valence-corrected chi connectivity index (χ2v) is 7.35. The summed E-state index contributed by atoms with van der Waals surface area (Å²) in [5.74, 6) is 2.29. The minimum atomic E-state index is 0. The topological polar surface area (TPSA) is 72.3 Å². The van der Waals surface area contributed by atoms with E-state index in [1.807, 2.05) is 18.2 Å². The zero-order valence-electron chi connectivity index (χ0n) is 19.3. The second kappa shape index (κ2) is 14.2. The van der Waals surface area contributed by atoms with Crippen molar-refractivity contribution in [2.45, 2.75) is 19.5 Å². The van der Waals surface area contributed by atoms with Crippen LogP contribution in [0.5, 0.6) is 11.5 Å². The molecule has 0 bridgehead atoms. The number of nitrogens with one attached hydrogen (secondary N) is 2. The molecule has 1 aromatic heterocycles. The maximum absolute atomic E-state index is 5.57. The maximum Gasteiger partial charge on any atom is 0.191 e. The number of nitrogens with zero attached hydrogens (tertiary/aromatic N) is 3. The number of hydrogen-bond donors (Lipinski definition) is 2. The number of halogens is 1. The van der Waals surface area contributed by atoms with Crippen LogP contribution in [0.15, 0.2) is 47.7 Å². The summed E-state index contributed by atoms with van der Waals surface area (Å²) in [6.07, 6.45) is 4.13. The van der Waals surface area contributed by atoms with Gasteiger partial charge in [-0.2, -0.15) is 0 Å². The lowest BCUT2D eigenvalue weighted by molar-refractivity contribution is 0.0179. The van der Waals surface area contributed by atoms with Gasteiger partial charge in [0.1, 0.15) is 0 Å². The molecule has 178 valence electrons. The molecular weight excluding hydrogens is 521 g/mol. The van der Waals surface area contributed by atoms with Crippen LogP contribution < -0.4 is 20.1 Å². The third-order valence-electron chi connectivity index (χ3n) is 5.37. The van der Waals surface area contributed by atoms with Gasteiger partial charge in [0.25, 0.3) is 0 Å². The Morgan fingerprint density at radius 3 is 2.47 bits per heavy atom. The molecular formula is C23H36IN5O3. The van der Waals surface area contributed by atoms with Gasteiger partial charge < -0.3 is 29.4 Å². The van der Waals surface area contributed by atoms with Gasteiger partial charge in [0.15, 0.2) is 17.5 Å². The lowest BCUT2D eigenvalue weighted by atomic mass is 10.0. The van der Waals surface area contributed by atoms with E-state index in [9.17, 15) is 0 Å². The van der Waals surface area contributed by atoms with Crippen molar-refractivity contribution in [1.82, 2.24) is 20.1 Å². The quantitative estimate of drug-likeness (QED) is 0.266. The first-order valence-electron chi connectivity index (χ1n) is 10.9. The first-order chi connectivity index (χ1) is 15.2. The van der Waals surface area contributed by atoms with E-state index in [1.165, 1.54) is 0 Å². The van der Waals surface area contributed by atoms with Crippen molar-refractivity contribution in [2.24, 2.45) is 4.99 Å². The molecule has 32 heavy (non-hydrogen) atoms. The highest BCUT2D eigenvalue weighted by atomic mass is 127. The summed E-state index contributed by atoms with van der Waals surface area (Å²) in [7, 11) is 3.32. The van der Waals surface area contributed by atoms with Crippen LogP contribution in [-0.2, 0) is 11.3 Å². The van der Waals surface area contributed by atoms with Crippen LogP contribution in [0.1, 0.15) is 18.5 Å². The average molecular weight is 557 g/mol. The molecule has 1 aliphatic heterocycles. The maximum atomic E-state index is 5.57. The van der Waals surface area contributed by atoms with Gasteiger partial charge in [-0.15, -0.1) is 24.0 Å². The lowest BCUT2D eigenvalue weighted by Crippen LogP contribution is -2.42.